The number of carbonyl (C=O) groups excluding carboxylic acids is 2. The Morgan fingerprint density at radius 2 is 1.76 bits per heavy atom. The molecule has 2 aromatic carbocycles. The summed E-state index contributed by atoms with van der Waals surface area (Å²) in [5, 5.41) is 2.85. The fourth-order valence-electron chi connectivity index (χ4n) is 4.88. The highest BCUT2D eigenvalue weighted by Gasteiger charge is 2.33. The van der Waals surface area contributed by atoms with Crippen molar-refractivity contribution in [3.05, 3.63) is 65.5 Å². The third kappa shape index (κ3) is 5.32. The lowest BCUT2D eigenvalue weighted by molar-refractivity contribution is -0.127. The molecule has 33 heavy (non-hydrogen) atoms. The van der Waals surface area contributed by atoms with Gasteiger partial charge in [-0.05, 0) is 37.0 Å². The Labute approximate surface area is 195 Å². The molecule has 1 saturated carbocycles. The first-order valence-corrected chi connectivity index (χ1v) is 12.1. The molecule has 1 fully saturated rings. The van der Waals surface area contributed by atoms with Crippen LogP contribution in [0.25, 0.3) is 0 Å². The number of fused-ring (bicyclic) bond motifs is 1. The smallest absolute Gasteiger partial charge is 0.272 e. The molecular weight excluding hydrogens is 417 g/mol. The molecule has 0 aromatic heterocycles. The summed E-state index contributed by atoms with van der Waals surface area (Å²) >= 11 is 0. The van der Waals surface area contributed by atoms with Crippen LogP contribution in [0.2, 0.25) is 0 Å². The predicted octanol–water partition coefficient (Wildman–Crippen LogP) is 5.22. The molecule has 0 saturated heterocycles. The quantitative estimate of drug-likeness (QED) is 0.630. The molecule has 2 amide bonds. The van der Waals surface area contributed by atoms with Crippen molar-refractivity contribution in [3.8, 4) is 0 Å². The summed E-state index contributed by atoms with van der Waals surface area (Å²) in [5.41, 5.74) is 2.07. The topological polar surface area (TPSA) is 61.8 Å². The van der Waals surface area contributed by atoms with E-state index in [1.54, 1.807) is 23.1 Å². The molecule has 1 N–H and O–H groups in total. The summed E-state index contributed by atoms with van der Waals surface area (Å²) in [5.74, 6) is -0.308. The summed E-state index contributed by atoms with van der Waals surface area (Å²) in [6.07, 6.45) is 6.95. The highest BCUT2D eigenvalue weighted by Crippen LogP contribution is 2.30. The minimum absolute atomic E-state index is 0.182. The number of benzene rings is 2. The van der Waals surface area contributed by atoms with E-state index in [1.807, 2.05) is 31.2 Å². The van der Waals surface area contributed by atoms with Crippen molar-refractivity contribution in [2.24, 2.45) is 10.9 Å². The number of nitrogens with zero attached hydrogens (tertiary/aromatic N) is 2. The minimum Gasteiger partial charge on any atom is -0.327 e. The van der Waals surface area contributed by atoms with Crippen LogP contribution >= 0.6 is 0 Å². The normalized spacial score (nSPS) is 19.0. The first-order chi connectivity index (χ1) is 16.1. The first-order valence-electron chi connectivity index (χ1n) is 12.1. The van der Waals surface area contributed by atoms with Crippen LogP contribution in [0.1, 0.15) is 69.4 Å². The average Bonchev–Trinajstić information content (AvgIpc) is 2.95. The third-order valence-corrected chi connectivity index (χ3v) is 6.59. The zero-order valence-electron chi connectivity index (χ0n) is 19.2. The number of amides is 2. The largest absolute Gasteiger partial charge is 0.327 e. The van der Waals surface area contributed by atoms with Gasteiger partial charge in [0.1, 0.15) is 5.82 Å². The Hall–Kier alpha value is -3.02. The number of hydrogen-bond donors (Lipinski definition) is 1. The van der Waals surface area contributed by atoms with E-state index in [4.69, 9.17) is 0 Å². The van der Waals surface area contributed by atoms with Crippen LogP contribution in [-0.2, 0) is 9.59 Å². The van der Waals surface area contributed by atoms with Crippen LogP contribution in [-0.4, -0.2) is 30.2 Å². The molecule has 6 heteroatoms. The Morgan fingerprint density at radius 3 is 2.48 bits per heavy atom. The maximum absolute atomic E-state index is 14.8. The lowest BCUT2D eigenvalue weighted by Gasteiger charge is -2.25. The number of carbonyl (C=O) groups is 2. The lowest BCUT2D eigenvalue weighted by atomic mass is 9.86. The molecule has 2 aromatic rings. The van der Waals surface area contributed by atoms with Gasteiger partial charge < -0.3 is 10.2 Å². The summed E-state index contributed by atoms with van der Waals surface area (Å²) in [6, 6.07) is 13.8. The molecule has 1 unspecified atom stereocenters. The lowest BCUT2D eigenvalue weighted by Crippen LogP contribution is -2.47. The van der Waals surface area contributed by atoms with Crippen molar-refractivity contribution >= 4 is 23.2 Å². The van der Waals surface area contributed by atoms with E-state index in [0.717, 1.165) is 12.8 Å². The Balaban J connectivity index is 1.65. The van der Waals surface area contributed by atoms with E-state index in [2.05, 4.69) is 10.3 Å². The second kappa shape index (κ2) is 10.7. The van der Waals surface area contributed by atoms with Crippen LogP contribution in [0.3, 0.4) is 0 Å². The van der Waals surface area contributed by atoms with Gasteiger partial charge in [-0.2, -0.15) is 0 Å². The fraction of sp³-hybridized carbons (Fsp3) is 0.444. The molecule has 174 valence electrons. The minimum atomic E-state index is -1.09. The maximum atomic E-state index is 14.8. The fourth-order valence-corrected chi connectivity index (χ4v) is 4.88. The molecule has 0 radical (unpaired) electrons. The van der Waals surface area contributed by atoms with Gasteiger partial charge in [-0.3, -0.25) is 9.59 Å². The van der Waals surface area contributed by atoms with Gasteiger partial charge in [-0.25, -0.2) is 9.38 Å². The molecule has 5 nitrogen and oxygen atoms in total. The third-order valence-electron chi connectivity index (χ3n) is 6.59. The van der Waals surface area contributed by atoms with Crippen molar-refractivity contribution in [1.29, 1.82) is 0 Å². The second-order valence-corrected chi connectivity index (χ2v) is 8.98. The van der Waals surface area contributed by atoms with E-state index >= 15 is 0 Å². The SMILES string of the molecule is CCCN1C(=O)C(NC(=O)CCC2CCCCC2)N=C(c2ccccc2F)c2ccccc21. The van der Waals surface area contributed by atoms with Gasteiger partial charge in [-0.1, -0.05) is 69.4 Å². The van der Waals surface area contributed by atoms with Crippen molar-refractivity contribution in [1.82, 2.24) is 5.32 Å². The number of para-hydroxylation sites is 1. The molecule has 1 aliphatic heterocycles. The first kappa shape index (κ1) is 23.1. The molecule has 1 aliphatic carbocycles. The number of halogens is 1. The summed E-state index contributed by atoms with van der Waals surface area (Å²) < 4.78 is 14.8. The number of anilines is 1. The van der Waals surface area contributed by atoms with E-state index in [0.29, 0.717) is 41.4 Å². The van der Waals surface area contributed by atoms with Gasteiger partial charge in [-0.15, -0.1) is 0 Å². The average molecular weight is 450 g/mol. The Bertz CT molecular complexity index is 1030. The van der Waals surface area contributed by atoms with Crippen LogP contribution in [0.4, 0.5) is 10.1 Å². The number of aliphatic imine (C=N–C) groups is 1. The molecule has 0 spiro atoms. The highest BCUT2D eigenvalue weighted by molar-refractivity contribution is 6.20. The zero-order chi connectivity index (χ0) is 23.2. The summed E-state index contributed by atoms with van der Waals surface area (Å²) in [6.45, 7) is 2.49. The van der Waals surface area contributed by atoms with Gasteiger partial charge in [0.2, 0.25) is 12.1 Å². The highest BCUT2D eigenvalue weighted by atomic mass is 19.1. The number of benzodiazepines with no additional fused rings is 1. The van der Waals surface area contributed by atoms with Gasteiger partial charge in [0.25, 0.3) is 5.91 Å². The molecule has 1 heterocycles. The van der Waals surface area contributed by atoms with Crippen molar-refractivity contribution in [3.63, 3.8) is 0 Å². The van der Waals surface area contributed by atoms with Gasteiger partial charge in [0, 0.05) is 24.1 Å². The number of nitrogens with one attached hydrogen (secondary N) is 1. The van der Waals surface area contributed by atoms with Crippen molar-refractivity contribution in [2.45, 2.75) is 64.5 Å². The van der Waals surface area contributed by atoms with Crippen LogP contribution in [0.5, 0.6) is 0 Å². The van der Waals surface area contributed by atoms with E-state index in [1.165, 1.54) is 38.2 Å². The van der Waals surface area contributed by atoms with Crippen LogP contribution in [0.15, 0.2) is 53.5 Å². The van der Waals surface area contributed by atoms with Crippen molar-refractivity contribution < 1.29 is 14.0 Å². The summed E-state index contributed by atoms with van der Waals surface area (Å²) in [4.78, 5) is 32.7. The predicted molar refractivity (Wildman–Crippen MR) is 129 cm³/mol. The van der Waals surface area contributed by atoms with E-state index in [-0.39, 0.29) is 11.8 Å². The summed E-state index contributed by atoms with van der Waals surface area (Å²) in [7, 11) is 0. The number of hydrogen-bond acceptors (Lipinski definition) is 3. The van der Waals surface area contributed by atoms with Crippen LogP contribution < -0.4 is 10.2 Å². The molecular formula is C27H32FN3O2. The Morgan fingerprint density at radius 1 is 1.06 bits per heavy atom. The maximum Gasteiger partial charge on any atom is 0.272 e. The molecule has 0 bridgehead atoms. The van der Waals surface area contributed by atoms with E-state index in [9.17, 15) is 14.0 Å². The Kier molecular flexibility index (Phi) is 7.53. The van der Waals surface area contributed by atoms with E-state index < -0.39 is 12.0 Å². The second-order valence-electron chi connectivity index (χ2n) is 8.98. The van der Waals surface area contributed by atoms with Crippen molar-refractivity contribution in [2.75, 3.05) is 11.4 Å². The van der Waals surface area contributed by atoms with Crippen LogP contribution in [0, 0.1) is 11.7 Å². The van der Waals surface area contributed by atoms with Gasteiger partial charge in [0.05, 0.1) is 11.4 Å². The van der Waals surface area contributed by atoms with Gasteiger partial charge >= 0.3 is 0 Å². The standard InChI is InChI=1S/C27H32FN3O2/c1-2-18-31-23-15-9-7-13-21(23)25(20-12-6-8-14-22(20)28)30-26(27(31)33)29-24(32)17-16-19-10-4-3-5-11-19/h6-9,12-15,19,26H,2-5,10-11,16-18H2,1H3,(H,29,32). The monoisotopic (exact) mass is 449 g/mol. The molecule has 4 rings (SSSR count). The zero-order valence-corrected chi connectivity index (χ0v) is 19.2. The van der Waals surface area contributed by atoms with Gasteiger partial charge in [0.15, 0.2) is 0 Å². The number of rotatable bonds is 7. The molecule has 1 atom stereocenters. The molecule has 2 aliphatic rings.